The van der Waals surface area contributed by atoms with E-state index >= 15 is 0 Å². The summed E-state index contributed by atoms with van der Waals surface area (Å²) in [5.41, 5.74) is 8.43. The van der Waals surface area contributed by atoms with Gasteiger partial charge < -0.3 is 5.73 Å². The maximum atomic E-state index is 11.9. The van der Waals surface area contributed by atoms with Crippen molar-refractivity contribution < 1.29 is 4.79 Å². The molecule has 0 saturated carbocycles. The topological polar surface area (TPSA) is 98.2 Å². The summed E-state index contributed by atoms with van der Waals surface area (Å²) in [6.45, 7) is 0. The maximum Gasteiger partial charge on any atom is 0.291 e. The summed E-state index contributed by atoms with van der Waals surface area (Å²) in [7, 11) is 1.76. The van der Waals surface area contributed by atoms with Crippen LogP contribution in [0.2, 0.25) is 15.2 Å². The minimum atomic E-state index is -0.662. The van der Waals surface area contributed by atoms with E-state index in [9.17, 15) is 4.79 Å². The van der Waals surface area contributed by atoms with Gasteiger partial charge in [-0.2, -0.15) is 10.2 Å². The van der Waals surface area contributed by atoms with Crippen molar-refractivity contribution in [3.63, 3.8) is 0 Å². The Balaban J connectivity index is 2.16. The molecular formula is C11H9Cl3N6O. The number of pyridine rings is 1. The van der Waals surface area contributed by atoms with Crippen LogP contribution >= 0.6 is 34.8 Å². The van der Waals surface area contributed by atoms with Crippen LogP contribution in [0.4, 0.5) is 5.69 Å². The first-order valence-electron chi connectivity index (χ1n) is 5.52. The number of rotatable bonds is 3. The van der Waals surface area contributed by atoms with Gasteiger partial charge in [-0.1, -0.05) is 34.8 Å². The van der Waals surface area contributed by atoms with Crippen LogP contribution in [0.25, 0.3) is 0 Å². The van der Waals surface area contributed by atoms with Crippen molar-refractivity contribution >= 4 is 52.6 Å². The molecule has 2 rings (SSSR count). The number of nitrogens with two attached hydrogens (primary N) is 1. The number of nitrogens with one attached hydrogen (secondary N) is 1. The number of amides is 1. The minimum Gasteiger partial charge on any atom is -0.396 e. The van der Waals surface area contributed by atoms with E-state index in [-0.39, 0.29) is 26.6 Å². The molecule has 10 heteroatoms. The van der Waals surface area contributed by atoms with Crippen molar-refractivity contribution in [1.82, 2.24) is 20.2 Å². The Bertz CT molecular complexity index is 727. The van der Waals surface area contributed by atoms with Crippen molar-refractivity contribution in [1.29, 1.82) is 0 Å². The zero-order valence-corrected chi connectivity index (χ0v) is 12.9. The second kappa shape index (κ2) is 6.30. The van der Waals surface area contributed by atoms with Gasteiger partial charge >= 0.3 is 0 Å². The molecule has 3 N–H and O–H groups in total. The number of carbonyl (C=O) groups excluding carboxylic acids is 1. The maximum absolute atomic E-state index is 11.9. The van der Waals surface area contributed by atoms with Crippen molar-refractivity contribution in [3.8, 4) is 0 Å². The van der Waals surface area contributed by atoms with E-state index in [0.29, 0.717) is 5.56 Å². The lowest BCUT2D eigenvalue weighted by Crippen LogP contribution is -2.20. The number of hydrogen-bond donors (Lipinski definition) is 2. The van der Waals surface area contributed by atoms with Gasteiger partial charge in [-0.05, 0) is 0 Å². The van der Waals surface area contributed by atoms with E-state index in [0.717, 1.165) is 0 Å². The van der Waals surface area contributed by atoms with E-state index in [1.165, 1.54) is 6.21 Å². The lowest BCUT2D eigenvalue weighted by molar-refractivity contribution is 0.0950. The lowest BCUT2D eigenvalue weighted by Gasteiger charge is -2.07. The van der Waals surface area contributed by atoms with Crippen LogP contribution in [0.1, 0.15) is 16.1 Å². The minimum absolute atomic E-state index is 0.00271. The SMILES string of the molecule is Cn1cc(/C=N/NC(=O)c2nc(Cl)c(Cl)c(N)c2Cl)cn1. The molecule has 0 spiro atoms. The molecule has 1 amide bonds. The van der Waals surface area contributed by atoms with Crippen molar-refractivity contribution in [2.24, 2.45) is 12.1 Å². The van der Waals surface area contributed by atoms with Crippen LogP contribution in [0.15, 0.2) is 17.5 Å². The van der Waals surface area contributed by atoms with Crippen LogP contribution in [0.5, 0.6) is 0 Å². The molecule has 21 heavy (non-hydrogen) atoms. The Morgan fingerprint density at radius 2 is 2.14 bits per heavy atom. The van der Waals surface area contributed by atoms with Crippen LogP contribution in [-0.2, 0) is 7.05 Å². The molecule has 2 heterocycles. The number of halogens is 3. The van der Waals surface area contributed by atoms with Gasteiger partial charge in [0.2, 0.25) is 0 Å². The van der Waals surface area contributed by atoms with Gasteiger partial charge in [0.25, 0.3) is 5.91 Å². The predicted octanol–water partition coefficient (Wildman–Crippen LogP) is 2.12. The van der Waals surface area contributed by atoms with Gasteiger partial charge in [-0.3, -0.25) is 9.48 Å². The summed E-state index contributed by atoms with van der Waals surface area (Å²) in [6, 6.07) is 0. The zero-order valence-electron chi connectivity index (χ0n) is 10.6. The van der Waals surface area contributed by atoms with Crippen LogP contribution in [-0.4, -0.2) is 26.9 Å². The summed E-state index contributed by atoms with van der Waals surface area (Å²) in [5, 5.41) is 7.51. The third-order valence-electron chi connectivity index (χ3n) is 2.39. The fraction of sp³-hybridized carbons (Fsp3) is 0.0909. The summed E-state index contributed by atoms with van der Waals surface area (Å²) in [5.74, 6) is -0.662. The molecule has 7 nitrogen and oxygen atoms in total. The Hall–Kier alpha value is -1.83. The molecule has 0 radical (unpaired) electrons. The monoisotopic (exact) mass is 346 g/mol. The third kappa shape index (κ3) is 3.44. The van der Waals surface area contributed by atoms with Crippen molar-refractivity contribution in [2.45, 2.75) is 0 Å². The molecule has 0 aromatic carbocycles. The number of nitrogens with zero attached hydrogens (tertiary/aromatic N) is 4. The number of carbonyl (C=O) groups is 1. The first-order valence-corrected chi connectivity index (χ1v) is 6.65. The summed E-state index contributed by atoms with van der Waals surface area (Å²) < 4.78 is 1.60. The highest BCUT2D eigenvalue weighted by atomic mass is 35.5. The van der Waals surface area contributed by atoms with E-state index in [1.807, 2.05) is 0 Å². The van der Waals surface area contributed by atoms with E-state index in [4.69, 9.17) is 40.5 Å². The second-order valence-electron chi connectivity index (χ2n) is 3.94. The molecule has 2 aromatic heterocycles. The number of aromatic nitrogens is 3. The number of anilines is 1. The molecule has 0 unspecified atom stereocenters. The lowest BCUT2D eigenvalue weighted by atomic mass is 10.3. The molecule has 0 atom stereocenters. The highest BCUT2D eigenvalue weighted by Gasteiger charge is 2.19. The first kappa shape index (κ1) is 15.6. The Labute approximate surface area is 134 Å². The fourth-order valence-corrected chi connectivity index (χ4v) is 2.00. The van der Waals surface area contributed by atoms with E-state index in [2.05, 4.69) is 20.6 Å². The molecule has 0 aliphatic carbocycles. The number of hydrazone groups is 1. The standard InChI is InChI=1S/C11H9Cl3N6O/c1-20-4-5(3-17-20)2-16-19-11(21)9-6(12)8(15)7(13)10(14)18-9/h2-4H,1H3,(H2,15,18)(H,19,21)/b16-2+. The molecule has 0 saturated heterocycles. The average molecular weight is 348 g/mol. The number of aryl methyl sites for hydroxylation is 1. The van der Waals surface area contributed by atoms with Crippen LogP contribution < -0.4 is 11.2 Å². The molecule has 0 aliphatic heterocycles. The molecule has 0 aliphatic rings. The Morgan fingerprint density at radius 3 is 2.76 bits per heavy atom. The van der Waals surface area contributed by atoms with Gasteiger partial charge in [0, 0.05) is 18.8 Å². The normalized spacial score (nSPS) is 11.0. The Kier molecular flexibility index (Phi) is 4.66. The summed E-state index contributed by atoms with van der Waals surface area (Å²) >= 11 is 17.4. The molecule has 0 fully saturated rings. The number of nitrogen functional groups attached to an aromatic ring is 1. The summed E-state index contributed by atoms with van der Waals surface area (Å²) in [6.07, 6.45) is 4.72. The fourth-order valence-electron chi connectivity index (χ4n) is 1.41. The molecule has 0 bridgehead atoms. The van der Waals surface area contributed by atoms with Gasteiger partial charge in [0.15, 0.2) is 10.8 Å². The first-order chi connectivity index (χ1) is 9.90. The van der Waals surface area contributed by atoms with Gasteiger partial charge in [-0.15, -0.1) is 0 Å². The van der Waals surface area contributed by atoms with Gasteiger partial charge in [-0.25, -0.2) is 10.4 Å². The molecule has 110 valence electrons. The quantitative estimate of drug-likeness (QED) is 0.505. The highest BCUT2D eigenvalue weighted by molar-refractivity contribution is 6.46. The van der Waals surface area contributed by atoms with Crippen LogP contribution in [0.3, 0.4) is 0 Å². The average Bonchev–Trinajstić information content (AvgIpc) is 2.86. The Morgan fingerprint density at radius 1 is 1.43 bits per heavy atom. The van der Waals surface area contributed by atoms with Crippen molar-refractivity contribution in [2.75, 3.05) is 5.73 Å². The largest absolute Gasteiger partial charge is 0.396 e. The van der Waals surface area contributed by atoms with Gasteiger partial charge in [0.05, 0.1) is 23.1 Å². The third-order valence-corrected chi connectivity index (χ3v) is 3.53. The second-order valence-corrected chi connectivity index (χ2v) is 5.05. The molecular weight excluding hydrogens is 339 g/mol. The van der Waals surface area contributed by atoms with E-state index < -0.39 is 5.91 Å². The van der Waals surface area contributed by atoms with E-state index in [1.54, 1.807) is 24.1 Å². The predicted molar refractivity (Wildman–Crippen MR) is 81.9 cm³/mol. The van der Waals surface area contributed by atoms with Crippen molar-refractivity contribution in [3.05, 3.63) is 38.8 Å². The smallest absolute Gasteiger partial charge is 0.291 e. The number of hydrogen-bond acceptors (Lipinski definition) is 5. The summed E-state index contributed by atoms with van der Waals surface area (Å²) in [4.78, 5) is 15.7. The van der Waals surface area contributed by atoms with Crippen LogP contribution in [0, 0.1) is 0 Å². The highest BCUT2D eigenvalue weighted by Crippen LogP contribution is 2.34. The van der Waals surface area contributed by atoms with Gasteiger partial charge in [0.1, 0.15) is 5.02 Å². The zero-order chi connectivity index (χ0) is 15.6. The molecule has 2 aromatic rings.